The zero-order chi connectivity index (χ0) is 17.3. The van der Waals surface area contributed by atoms with E-state index in [1.807, 2.05) is 0 Å². The number of nitriles is 1. The highest BCUT2D eigenvalue weighted by atomic mass is 28.4. The lowest BCUT2D eigenvalue weighted by molar-refractivity contribution is 0.177. The molecular weight excluding hydrogens is 304 g/mol. The fraction of sp³-hybridized carbons (Fsp3) is 0.647. The van der Waals surface area contributed by atoms with E-state index in [-0.39, 0.29) is 17.2 Å². The van der Waals surface area contributed by atoms with Crippen molar-refractivity contribution in [3.8, 4) is 6.07 Å². The van der Waals surface area contributed by atoms with E-state index in [0.717, 1.165) is 24.9 Å². The van der Waals surface area contributed by atoms with Crippen LogP contribution < -0.4 is 11.1 Å². The Bertz CT molecular complexity index is 604. The lowest BCUT2D eigenvalue weighted by Gasteiger charge is -2.40. The van der Waals surface area contributed by atoms with Gasteiger partial charge in [-0.3, -0.25) is 0 Å². The maximum atomic E-state index is 9.25. The van der Waals surface area contributed by atoms with Gasteiger partial charge in [0.05, 0.1) is 23.4 Å². The quantitative estimate of drug-likeness (QED) is 0.817. The summed E-state index contributed by atoms with van der Waals surface area (Å²) in [7, 11) is -1.80. The molecule has 1 heterocycles. The minimum Gasteiger partial charge on any atom is -0.412 e. The molecule has 1 aromatic heterocycles. The van der Waals surface area contributed by atoms with E-state index >= 15 is 0 Å². The monoisotopic (exact) mass is 332 g/mol. The summed E-state index contributed by atoms with van der Waals surface area (Å²) in [5.74, 6) is 0.423. The van der Waals surface area contributed by atoms with Crippen LogP contribution in [-0.2, 0) is 4.43 Å². The summed E-state index contributed by atoms with van der Waals surface area (Å²) in [6.45, 7) is 11.3. The van der Waals surface area contributed by atoms with E-state index in [1.165, 1.54) is 6.20 Å². The Hall–Kier alpha value is -1.58. The van der Waals surface area contributed by atoms with Gasteiger partial charge >= 0.3 is 0 Å². The third kappa shape index (κ3) is 4.04. The van der Waals surface area contributed by atoms with Crippen LogP contribution in [-0.4, -0.2) is 25.4 Å². The second-order valence-electron chi connectivity index (χ2n) is 7.86. The molecule has 1 aliphatic rings. The second-order valence-corrected chi connectivity index (χ2v) is 12.6. The average molecular weight is 333 g/mol. The van der Waals surface area contributed by atoms with E-state index in [1.54, 1.807) is 6.07 Å². The molecule has 0 aromatic carbocycles. The van der Waals surface area contributed by atoms with Gasteiger partial charge in [-0.2, -0.15) is 5.26 Å². The van der Waals surface area contributed by atoms with Gasteiger partial charge in [-0.1, -0.05) is 20.8 Å². The van der Waals surface area contributed by atoms with Crippen LogP contribution >= 0.6 is 0 Å². The van der Waals surface area contributed by atoms with Crippen molar-refractivity contribution in [3.63, 3.8) is 0 Å². The number of nitrogens with two attached hydrogens (primary N) is 1. The first-order valence-electron chi connectivity index (χ1n) is 8.24. The molecule has 0 unspecified atom stereocenters. The maximum absolute atomic E-state index is 9.25. The van der Waals surface area contributed by atoms with Crippen LogP contribution in [0.3, 0.4) is 0 Å². The molecule has 3 N–H and O–H groups in total. The normalized spacial score (nSPS) is 21.9. The second kappa shape index (κ2) is 6.50. The van der Waals surface area contributed by atoms with Crippen LogP contribution in [0.2, 0.25) is 18.1 Å². The zero-order valence-electron chi connectivity index (χ0n) is 14.8. The topological polar surface area (TPSA) is 84.0 Å². The molecule has 1 fully saturated rings. The number of nitrogens with zero attached hydrogens (tertiary/aromatic N) is 2. The highest BCUT2D eigenvalue weighted by Gasteiger charge is 2.42. The molecule has 1 aromatic rings. The number of pyridine rings is 1. The highest BCUT2D eigenvalue weighted by molar-refractivity contribution is 6.74. The van der Waals surface area contributed by atoms with Gasteiger partial charge < -0.3 is 15.5 Å². The molecule has 2 atom stereocenters. The molecule has 23 heavy (non-hydrogen) atoms. The Balaban J connectivity index is 2.14. The summed E-state index contributed by atoms with van der Waals surface area (Å²) in [6.07, 6.45) is 4.96. The SMILES string of the molecule is CC(C)(C)[Si](C)(C)O[C@@H]1CCC[C@H]1Nc1cc(N)ncc1C#N. The van der Waals surface area contributed by atoms with Gasteiger partial charge in [-0.25, -0.2) is 4.98 Å². The summed E-state index contributed by atoms with van der Waals surface area (Å²) in [5, 5.41) is 12.9. The summed E-state index contributed by atoms with van der Waals surface area (Å²) in [5.41, 5.74) is 7.05. The van der Waals surface area contributed by atoms with Gasteiger partial charge in [-0.05, 0) is 37.4 Å². The maximum Gasteiger partial charge on any atom is 0.192 e. The average Bonchev–Trinajstić information content (AvgIpc) is 2.84. The molecule has 0 bridgehead atoms. The number of aromatic nitrogens is 1. The molecule has 6 heteroatoms. The summed E-state index contributed by atoms with van der Waals surface area (Å²) in [6, 6.07) is 4.13. The number of anilines is 2. The largest absolute Gasteiger partial charge is 0.412 e. The van der Waals surface area contributed by atoms with Crippen LogP contribution in [0.25, 0.3) is 0 Å². The number of hydrogen-bond acceptors (Lipinski definition) is 5. The van der Waals surface area contributed by atoms with Crippen molar-refractivity contribution >= 4 is 19.8 Å². The van der Waals surface area contributed by atoms with Crippen LogP contribution in [0.4, 0.5) is 11.5 Å². The van der Waals surface area contributed by atoms with E-state index < -0.39 is 8.32 Å². The number of rotatable bonds is 4. The van der Waals surface area contributed by atoms with E-state index in [0.29, 0.717) is 11.4 Å². The molecule has 1 aliphatic carbocycles. The van der Waals surface area contributed by atoms with Crippen LogP contribution in [0, 0.1) is 11.3 Å². The van der Waals surface area contributed by atoms with Crippen molar-refractivity contribution in [2.75, 3.05) is 11.1 Å². The molecule has 0 aliphatic heterocycles. The first-order chi connectivity index (χ1) is 10.6. The molecule has 0 amide bonds. The molecular formula is C17H28N4OSi. The first-order valence-corrected chi connectivity index (χ1v) is 11.1. The van der Waals surface area contributed by atoms with Crippen LogP contribution in [0.5, 0.6) is 0 Å². The van der Waals surface area contributed by atoms with Gasteiger partial charge in [-0.15, -0.1) is 0 Å². The summed E-state index contributed by atoms with van der Waals surface area (Å²) in [4.78, 5) is 3.99. The van der Waals surface area contributed by atoms with Crippen molar-refractivity contribution < 1.29 is 4.43 Å². The highest BCUT2D eigenvalue weighted by Crippen LogP contribution is 2.40. The fourth-order valence-electron chi connectivity index (χ4n) is 2.67. The Labute approximate surface area is 140 Å². The van der Waals surface area contributed by atoms with Gasteiger partial charge in [0, 0.05) is 12.3 Å². The molecule has 0 spiro atoms. The predicted molar refractivity (Wildman–Crippen MR) is 96.7 cm³/mol. The van der Waals surface area contributed by atoms with Gasteiger partial charge in [0.2, 0.25) is 0 Å². The standard InChI is InChI=1S/C17H28N4OSi/c1-17(2,3)23(4,5)22-15-8-6-7-13(15)21-14-9-16(19)20-11-12(14)10-18/h9,11,13,15H,6-8H2,1-5H3,(H3,19,20,21)/t13-,15-/m1/s1. The number of nitrogen functional groups attached to an aromatic ring is 1. The van der Waals surface area contributed by atoms with E-state index in [2.05, 4.69) is 50.2 Å². The van der Waals surface area contributed by atoms with Crippen molar-refractivity contribution in [2.45, 2.75) is 70.3 Å². The summed E-state index contributed by atoms with van der Waals surface area (Å²) < 4.78 is 6.60. The Morgan fingerprint density at radius 3 is 2.70 bits per heavy atom. The van der Waals surface area contributed by atoms with E-state index in [9.17, 15) is 5.26 Å². The van der Waals surface area contributed by atoms with Crippen LogP contribution in [0.15, 0.2) is 12.3 Å². The summed E-state index contributed by atoms with van der Waals surface area (Å²) >= 11 is 0. The number of hydrogen-bond donors (Lipinski definition) is 2. The molecule has 2 rings (SSSR count). The molecule has 0 saturated heterocycles. The fourth-order valence-corrected chi connectivity index (χ4v) is 4.06. The predicted octanol–water partition coefficient (Wildman–Crippen LogP) is 3.89. The van der Waals surface area contributed by atoms with Crippen LogP contribution in [0.1, 0.15) is 45.6 Å². The smallest absolute Gasteiger partial charge is 0.192 e. The lowest BCUT2D eigenvalue weighted by Crippen LogP contribution is -2.47. The van der Waals surface area contributed by atoms with Crippen molar-refractivity contribution in [2.24, 2.45) is 0 Å². The van der Waals surface area contributed by atoms with Crippen molar-refractivity contribution in [3.05, 3.63) is 17.8 Å². The zero-order valence-corrected chi connectivity index (χ0v) is 15.8. The minimum atomic E-state index is -1.80. The third-order valence-electron chi connectivity index (χ3n) is 5.09. The Kier molecular flexibility index (Phi) is 5.02. The molecule has 126 valence electrons. The Morgan fingerprint density at radius 2 is 2.09 bits per heavy atom. The van der Waals surface area contributed by atoms with Gasteiger partial charge in [0.15, 0.2) is 8.32 Å². The first kappa shape index (κ1) is 17.8. The number of nitrogens with one attached hydrogen (secondary N) is 1. The molecule has 0 radical (unpaired) electrons. The molecule has 5 nitrogen and oxygen atoms in total. The van der Waals surface area contributed by atoms with Crippen molar-refractivity contribution in [1.82, 2.24) is 4.98 Å². The van der Waals surface area contributed by atoms with Gasteiger partial charge in [0.1, 0.15) is 11.9 Å². The minimum absolute atomic E-state index is 0.192. The van der Waals surface area contributed by atoms with E-state index in [4.69, 9.17) is 10.2 Å². The lowest BCUT2D eigenvalue weighted by atomic mass is 10.1. The Morgan fingerprint density at radius 1 is 1.39 bits per heavy atom. The van der Waals surface area contributed by atoms with Crippen molar-refractivity contribution in [1.29, 1.82) is 5.26 Å². The third-order valence-corrected chi connectivity index (χ3v) is 9.60. The van der Waals surface area contributed by atoms with Gasteiger partial charge in [0.25, 0.3) is 0 Å². The molecule has 1 saturated carbocycles.